The number of hydrogen-bond donors (Lipinski definition) is 0. The first-order chi connectivity index (χ1) is 10.8. The normalized spacial score (nSPS) is 17.9. The predicted octanol–water partition coefficient (Wildman–Crippen LogP) is 2.64. The molecular weight excluding hydrogens is 298 g/mol. The Kier molecular flexibility index (Phi) is 4.82. The van der Waals surface area contributed by atoms with Crippen molar-refractivity contribution >= 4 is 12.0 Å². The van der Waals surface area contributed by atoms with Crippen LogP contribution in [0.3, 0.4) is 0 Å². The monoisotopic (exact) mass is 321 g/mol. The van der Waals surface area contributed by atoms with E-state index in [0.29, 0.717) is 11.5 Å². The van der Waals surface area contributed by atoms with Gasteiger partial charge in [-0.3, -0.25) is 4.79 Å². The summed E-state index contributed by atoms with van der Waals surface area (Å²) in [5.74, 6) is 0.866. The van der Waals surface area contributed by atoms with Gasteiger partial charge in [0.2, 0.25) is 5.91 Å². The Hall–Kier alpha value is -2.24. The highest BCUT2D eigenvalue weighted by Crippen LogP contribution is 2.31. The summed E-state index contributed by atoms with van der Waals surface area (Å²) in [6.45, 7) is 6.18. The molecular formula is C17H23NO5. The van der Waals surface area contributed by atoms with E-state index in [1.54, 1.807) is 25.3 Å². The molecule has 6 heteroatoms. The van der Waals surface area contributed by atoms with Crippen LogP contribution in [0.4, 0.5) is 4.79 Å². The number of rotatable bonds is 4. The number of nitrogens with zero attached hydrogens (tertiary/aromatic N) is 1. The van der Waals surface area contributed by atoms with Gasteiger partial charge in [0, 0.05) is 0 Å². The topological polar surface area (TPSA) is 65.1 Å². The number of ether oxygens (including phenoxy) is 3. The first-order valence-electron chi connectivity index (χ1n) is 7.47. The third kappa shape index (κ3) is 3.57. The molecule has 1 heterocycles. The predicted molar refractivity (Wildman–Crippen MR) is 84.7 cm³/mol. The lowest BCUT2D eigenvalue weighted by molar-refractivity contribution is -0.129. The van der Waals surface area contributed by atoms with Crippen molar-refractivity contribution in [2.45, 2.75) is 33.2 Å². The molecule has 1 aliphatic heterocycles. The van der Waals surface area contributed by atoms with E-state index in [2.05, 4.69) is 0 Å². The Balaban J connectivity index is 2.19. The number of carbonyl (C=O) groups excluding carboxylic acids is 2. The summed E-state index contributed by atoms with van der Waals surface area (Å²) in [7, 11) is 3.09. The fourth-order valence-electron chi connectivity index (χ4n) is 2.58. The average Bonchev–Trinajstić information content (AvgIpc) is 2.89. The fraction of sp³-hybridized carbons (Fsp3) is 0.529. The number of amides is 2. The summed E-state index contributed by atoms with van der Waals surface area (Å²) in [6.07, 6.45) is -0.474. The van der Waals surface area contributed by atoms with Crippen molar-refractivity contribution in [2.75, 3.05) is 20.8 Å². The maximum atomic E-state index is 12.6. The van der Waals surface area contributed by atoms with Crippen LogP contribution >= 0.6 is 0 Å². The van der Waals surface area contributed by atoms with E-state index in [1.165, 1.54) is 12.0 Å². The minimum atomic E-state index is -0.574. The van der Waals surface area contributed by atoms with Gasteiger partial charge in [-0.1, -0.05) is 26.8 Å². The third-order valence-electron chi connectivity index (χ3n) is 3.94. The van der Waals surface area contributed by atoms with Crippen LogP contribution in [0.15, 0.2) is 18.2 Å². The maximum absolute atomic E-state index is 12.6. The van der Waals surface area contributed by atoms with Crippen LogP contribution in [-0.2, 0) is 16.0 Å². The van der Waals surface area contributed by atoms with Crippen molar-refractivity contribution in [1.82, 2.24) is 4.90 Å². The van der Waals surface area contributed by atoms with Crippen LogP contribution in [0.25, 0.3) is 0 Å². The summed E-state index contributed by atoms with van der Waals surface area (Å²) in [6, 6.07) is 5.00. The van der Waals surface area contributed by atoms with Gasteiger partial charge < -0.3 is 14.2 Å². The first kappa shape index (κ1) is 17.1. The van der Waals surface area contributed by atoms with Gasteiger partial charge in [0.15, 0.2) is 11.5 Å². The average molecular weight is 321 g/mol. The van der Waals surface area contributed by atoms with E-state index in [4.69, 9.17) is 14.2 Å². The SMILES string of the molecule is COc1ccc(CC(=O)N2C(=O)OC[C@H]2C(C)(C)C)cc1OC. The smallest absolute Gasteiger partial charge is 0.417 e. The second kappa shape index (κ2) is 6.48. The molecule has 1 atom stereocenters. The number of carbonyl (C=O) groups is 2. The van der Waals surface area contributed by atoms with Gasteiger partial charge in [0.25, 0.3) is 0 Å². The van der Waals surface area contributed by atoms with Gasteiger partial charge in [-0.15, -0.1) is 0 Å². The van der Waals surface area contributed by atoms with E-state index in [1.807, 2.05) is 20.8 Å². The highest BCUT2D eigenvalue weighted by atomic mass is 16.6. The summed E-state index contributed by atoms with van der Waals surface area (Å²) in [5, 5.41) is 0. The second-order valence-corrected chi connectivity index (χ2v) is 6.59. The van der Waals surface area contributed by atoms with Crippen LogP contribution in [0.2, 0.25) is 0 Å². The quantitative estimate of drug-likeness (QED) is 0.853. The van der Waals surface area contributed by atoms with Crippen molar-refractivity contribution in [2.24, 2.45) is 5.41 Å². The van der Waals surface area contributed by atoms with Crippen molar-refractivity contribution in [3.63, 3.8) is 0 Å². The molecule has 0 aromatic heterocycles. The molecule has 1 fully saturated rings. The molecule has 1 aliphatic rings. The molecule has 1 saturated heterocycles. The van der Waals surface area contributed by atoms with E-state index in [0.717, 1.165) is 5.56 Å². The van der Waals surface area contributed by atoms with Crippen LogP contribution in [0.5, 0.6) is 11.5 Å². The molecule has 0 bridgehead atoms. The van der Waals surface area contributed by atoms with Gasteiger partial charge in [-0.25, -0.2) is 9.69 Å². The largest absolute Gasteiger partial charge is 0.493 e. The number of cyclic esters (lactones) is 1. The molecule has 6 nitrogen and oxygen atoms in total. The van der Waals surface area contributed by atoms with Crippen LogP contribution in [0, 0.1) is 5.41 Å². The van der Waals surface area contributed by atoms with Crippen LogP contribution in [0.1, 0.15) is 26.3 Å². The molecule has 0 saturated carbocycles. The van der Waals surface area contributed by atoms with E-state index >= 15 is 0 Å². The molecule has 0 spiro atoms. The highest BCUT2D eigenvalue weighted by Gasteiger charge is 2.43. The summed E-state index contributed by atoms with van der Waals surface area (Å²) in [4.78, 5) is 25.7. The Morgan fingerprint density at radius 1 is 1.26 bits per heavy atom. The zero-order valence-electron chi connectivity index (χ0n) is 14.2. The summed E-state index contributed by atoms with van der Waals surface area (Å²) in [5.41, 5.74) is 0.513. The van der Waals surface area contributed by atoms with Gasteiger partial charge in [-0.05, 0) is 23.1 Å². The molecule has 126 valence electrons. The zero-order chi connectivity index (χ0) is 17.2. The maximum Gasteiger partial charge on any atom is 0.417 e. The molecule has 2 amide bonds. The van der Waals surface area contributed by atoms with Crippen LogP contribution < -0.4 is 9.47 Å². The van der Waals surface area contributed by atoms with Gasteiger partial charge in [-0.2, -0.15) is 0 Å². The lowest BCUT2D eigenvalue weighted by Gasteiger charge is -2.30. The Morgan fingerprint density at radius 2 is 1.91 bits per heavy atom. The molecule has 0 radical (unpaired) electrons. The van der Waals surface area contributed by atoms with Crippen molar-refractivity contribution in [1.29, 1.82) is 0 Å². The highest BCUT2D eigenvalue weighted by molar-refractivity contribution is 5.94. The minimum Gasteiger partial charge on any atom is -0.493 e. The Labute approximate surface area is 136 Å². The molecule has 1 aromatic carbocycles. The number of methoxy groups -OCH3 is 2. The molecule has 23 heavy (non-hydrogen) atoms. The lowest BCUT2D eigenvalue weighted by atomic mass is 9.86. The number of hydrogen-bond acceptors (Lipinski definition) is 5. The molecule has 2 rings (SSSR count). The first-order valence-corrected chi connectivity index (χ1v) is 7.47. The molecule has 0 unspecified atom stereocenters. The standard InChI is InChI=1S/C17H23NO5/c1-17(2,3)14-10-23-16(20)18(14)15(19)9-11-6-7-12(21-4)13(8-11)22-5/h6-8,14H,9-10H2,1-5H3/t14-/m0/s1. The number of benzene rings is 1. The van der Waals surface area contributed by atoms with Crippen molar-refractivity contribution in [3.05, 3.63) is 23.8 Å². The van der Waals surface area contributed by atoms with Gasteiger partial charge in [0.1, 0.15) is 6.61 Å². The number of imide groups is 1. The fourth-order valence-corrected chi connectivity index (χ4v) is 2.58. The summed E-state index contributed by atoms with van der Waals surface area (Å²) >= 11 is 0. The lowest BCUT2D eigenvalue weighted by Crippen LogP contribution is -2.46. The van der Waals surface area contributed by atoms with E-state index in [9.17, 15) is 9.59 Å². The third-order valence-corrected chi connectivity index (χ3v) is 3.94. The van der Waals surface area contributed by atoms with Gasteiger partial charge >= 0.3 is 6.09 Å². The Bertz CT molecular complexity index is 605. The minimum absolute atomic E-state index is 0.0992. The van der Waals surface area contributed by atoms with E-state index < -0.39 is 6.09 Å². The van der Waals surface area contributed by atoms with Crippen molar-refractivity contribution < 1.29 is 23.8 Å². The van der Waals surface area contributed by atoms with E-state index in [-0.39, 0.29) is 30.4 Å². The van der Waals surface area contributed by atoms with Crippen molar-refractivity contribution in [3.8, 4) is 11.5 Å². The molecule has 0 N–H and O–H groups in total. The second-order valence-electron chi connectivity index (χ2n) is 6.59. The van der Waals surface area contributed by atoms with Crippen LogP contribution in [-0.4, -0.2) is 43.8 Å². The summed E-state index contributed by atoms with van der Waals surface area (Å²) < 4.78 is 15.5. The zero-order valence-corrected chi connectivity index (χ0v) is 14.2. The Morgan fingerprint density at radius 3 is 2.48 bits per heavy atom. The molecule has 1 aromatic rings. The van der Waals surface area contributed by atoms with Gasteiger partial charge in [0.05, 0.1) is 26.7 Å². The molecule has 0 aliphatic carbocycles.